The van der Waals surface area contributed by atoms with E-state index in [0.29, 0.717) is 0 Å². The summed E-state index contributed by atoms with van der Waals surface area (Å²) in [5.74, 6) is -1.59. The highest BCUT2D eigenvalue weighted by molar-refractivity contribution is 5.99. The Hall–Kier alpha value is -1.84. The third-order valence-corrected chi connectivity index (χ3v) is 2.54. The van der Waals surface area contributed by atoms with E-state index < -0.39 is 11.9 Å². The van der Waals surface area contributed by atoms with Gasteiger partial charge < -0.3 is 10.0 Å². The van der Waals surface area contributed by atoms with E-state index in [9.17, 15) is 9.59 Å². The summed E-state index contributed by atoms with van der Waals surface area (Å²) in [6.07, 6.45) is 0.101. The van der Waals surface area contributed by atoms with Crippen LogP contribution in [-0.2, 0) is 9.59 Å². The topological polar surface area (TPSA) is 57.6 Å². The minimum Gasteiger partial charge on any atom is -0.481 e. The molecule has 1 N–H and O–H groups in total. The van der Waals surface area contributed by atoms with Crippen LogP contribution in [0.2, 0.25) is 0 Å². The molecule has 4 heteroatoms. The largest absolute Gasteiger partial charge is 0.481 e. The average Bonchev–Trinajstić information content (AvgIpc) is 2.62. The Balaban J connectivity index is 2.19. The van der Waals surface area contributed by atoms with Crippen molar-refractivity contribution in [2.24, 2.45) is 5.92 Å². The smallest absolute Gasteiger partial charge is 0.308 e. The minimum absolute atomic E-state index is 0.101. The zero-order valence-corrected chi connectivity index (χ0v) is 8.09. The van der Waals surface area contributed by atoms with Crippen LogP contribution in [-0.4, -0.2) is 23.5 Å². The molecule has 1 aliphatic rings. The van der Waals surface area contributed by atoms with Gasteiger partial charge >= 0.3 is 5.97 Å². The first kappa shape index (κ1) is 9.71. The third-order valence-electron chi connectivity index (χ3n) is 2.54. The molecule has 0 radical (unpaired) electrons. The number of anilines is 1. The van der Waals surface area contributed by atoms with Crippen molar-refractivity contribution in [3.05, 3.63) is 30.3 Å². The molecule has 2 rings (SSSR count). The maximum Gasteiger partial charge on any atom is 0.308 e. The molecule has 1 aromatic rings. The molecular formula is C11H11NO3. The van der Waals surface area contributed by atoms with Gasteiger partial charge in [-0.3, -0.25) is 9.59 Å². The highest BCUT2D eigenvalue weighted by Gasteiger charge is 2.34. The quantitative estimate of drug-likeness (QED) is 0.787. The molecule has 1 saturated heterocycles. The van der Waals surface area contributed by atoms with Crippen molar-refractivity contribution < 1.29 is 14.7 Å². The maximum absolute atomic E-state index is 11.6. The monoisotopic (exact) mass is 205 g/mol. The number of benzene rings is 1. The van der Waals surface area contributed by atoms with Crippen molar-refractivity contribution in [1.82, 2.24) is 0 Å². The summed E-state index contributed by atoms with van der Waals surface area (Å²) < 4.78 is 0. The second kappa shape index (κ2) is 3.73. The second-order valence-electron chi connectivity index (χ2n) is 3.58. The van der Waals surface area contributed by atoms with Crippen LogP contribution >= 0.6 is 0 Å². The standard InChI is InChI=1S/C11H11NO3/c13-10-6-8(11(14)15)7-12(10)9-4-2-1-3-5-9/h1-5,8H,6-7H2,(H,14,15)/t8-/m1/s1. The Morgan fingerprint density at radius 1 is 1.33 bits per heavy atom. The zero-order chi connectivity index (χ0) is 10.8. The van der Waals surface area contributed by atoms with Crippen molar-refractivity contribution in [3.63, 3.8) is 0 Å². The number of carboxylic acid groups (broad SMARTS) is 1. The Kier molecular flexibility index (Phi) is 2.41. The van der Waals surface area contributed by atoms with Crippen LogP contribution in [0.25, 0.3) is 0 Å². The first-order chi connectivity index (χ1) is 7.18. The number of carbonyl (C=O) groups is 2. The number of rotatable bonds is 2. The predicted octanol–water partition coefficient (Wildman–Crippen LogP) is 1.12. The molecule has 4 nitrogen and oxygen atoms in total. The van der Waals surface area contributed by atoms with E-state index in [0.717, 1.165) is 5.69 Å². The summed E-state index contributed by atoms with van der Waals surface area (Å²) in [5, 5.41) is 8.82. The van der Waals surface area contributed by atoms with Crippen molar-refractivity contribution >= 4 is 17.6 Å². The van der Waals surface area contributed by atoms with Crippen molar-refractivity contribution in [1.29, 1.82) is 0 Å². The van der Waals surface area contributed by atoms with Crippen LogP contribution in [0.3, 0.4) is 0 Å². The predicted molar refractivity (Wildman–Crippen MR) is 54.5 cm³/mol. The summed E-state index contributed by atoms with van der Waals surface area (Å²) in [7, 11) is 0. The molecule has 0 saturated carbocycles. The molecular weight excluding hydrogens is 194 g/mol. The number of hydrogen-bond acceptors (Lipinski definition) is 2. The van der Waals surface area contributed by atoms with Crippen molar-refractivity contribution in [3.8, 4) is 0 Å². The summed E-state index contributed by atoms with van der Waals surface area (Å²) >= 11 is 0. The van der Waals surface area contributed by atoms with Gasteiger partial charge in [-0.15, -0.1) is 0 Å². The first-order valence-corrected chi connectivity index (χ1v) is 4.76. The van der Waals surface area contributed by atoms with Gasteiger partial charge in [-0.25, -0.2) is 0 Å². The average molecular weight is 205 g/mol. The molecule has 1 amide bonds. The number of carboxylic acids is 1. The van der Waals surface area contributed by atoms with Gasteiger partial charge in [0, 0.05) is 18.7 Å². The van der Waals surface area contributed by atoms with E-state index in [1.807, 2.05) is 30.3 Å². The lowest BCUT2D eigenvalue weighted by Crippen LogP contribution is -2.25. The van der Waals surface area contributed by atoms with Gasteiger partial charge in [-0.2, -0.15) is 0 Å². The van der Waals surface area contributed by atoms with Gasteiger partial charge in [-0.05, 0) is 12.1 Å². The molecule has 0 bridgehead atoms. The lowest BCUT2D eigenvalue weighted by atomic mass is 10.1. The van der Waals surface area contributed by atoms with Gasteiger partial charge in [0.05, 0.1) is 5.92 Å². The van der Waals surface area contributed by atoms with Gasteiger partial charge in [0.2, 0.25) is 5.91 Å². The van der Waals surface area contributed by atoms with E-state index in [1.165, 1.54) is 4.90 Å². The Bertz CT molecular complexity index is 388. The molecule has 0 aromatic heterocycles. The lowest BCUT2D eigenvalue weighted by Gasteiger charge is -2.15. The Morgan fingerprint density at radius 3 is 2.53 bits per heavy atom. The summed E-state index contributed by atoms with van der Waals surface area (Å²) in [5.41, 5.74) is 0.770. The fourth-order valence-corrected chi connectivity index (χ4v) is 1.73. The van der Waals surface area contributed by atoms with Crippen molar-refractivity contribution in [2.45, 2.75) is 6.42 Å². The van der Waals surface area contributed by atoms with Crippen molar-refractivity contribution in [2.75, 3.05) is 11.4 Å². The van der Waals surface area contributed by atoms with Crippen LogP contribution in [0, 0.1) is 5.92 Å². The number of hydrogen-bond donors (Lipinski definition) is 1. The number of nitrogens with zero attached hydrogens (tertiary/aromatic N) is 1. The van der Waals surface area contributed by atoms with E-state index in [-0.39, 0.29) is 18.9 Å². The molecule has 1 atom stereocenters. The normalized spacial score (nSPS) is 20.7. The molecule has 1 heterocycles. The van der Waals surface area contributed by atoms with E-state index in [1.54, 1.807) is 0 Å². The number of para-hydroxylation sites is 1. The maximum atomic E-state index is 11.6. The van der Waals surface area contributed by atoms with Crippen LogP contribution < -0.4 is 4.90 Å². The van der Waals surface area contributed by atoms with Gasteiger partial charge in [0.1, 0.15) is 0 Å². The first-order valence-electron chi connectivity index (χ1n) is 4.76. The molecule has 1 fully saturated rings. The van der Waals surface area contributed by atoms with Crippen LogP contribution in [0.15, 0.2) is 30.3 Å². The molecule has 0 unspecified atom stereocenters. The molecule has 0 spiro atoms. The fourth-order valence-electron chi connectivity index (χ4n) is 1.73. The minimum atomic E-state index is -0.901. The second-order valence-corrected chi connectivity index (χ2v) is 3.58. The summed E-state index contributed by atoms with van der Waals surface area (Å²) in [6.45, 7) is 0.276. The van der Waals surface area contributed by atoms with Gasteiger partial charge in [-0.1, -0.05) is 18.2 Å². The molecule has 0 aliphatic carbocycles. The molecule has 15 heavy (non-hydrogen) atoms. The molecule has 78 valence electrons. The molecule has 1 aromatic carbocycles. The number of aliphatic carboxylic acids is 1. The third kappa shape index (κ3) is 1.83. The van der Waals surface area contributed by atoms with E-state index >= 15 is 0 Å². The van der Waals surface area contributed by atoms with Crippen LogP contribution in [0.1, 0.15) is 6.42 Å². The highest BCUT2D eigenvalue weighted by atomic mass is 16.4. The van der Waals surface area contributed by atoms with Gasteiger partial charge in [0.15, 0.2) is 0 Å². The van der Waals surface area contributed by atoms with Crippen LogP contribution in [0.5, 0.6) is 0 Å². The lowest BCUT2D eigenvalue weighted by molar-refractivity contribution is -0.141. The highest BCUT2D eigenvalue weighted by Crippen LogP contribution is 2.24. The SMILES string of the molecule is O=C(O)[C@@H]1CC(=O)N(c2ccccc2)C1. The van der Waals surface area contributed by atoms with E-state index in [4.69, 9.17) is 5.11 Å². The Labute approximate surface area is 87.1 Å². The molecule has 1 aliphatic heterocycles. The van der Waals surface area contributed by atoms with Gasteiger partial charge in [0.25, 0.3) is 0 Å². The number of amides is 1. The zero-order valence-electron chi connectivity index (χ0n) is 8.09. The summed E-state index contributed by atoms with van der Waals surface area (Å²) in [4.78, 5) is 23.8. The van der Waals surface area contributed by atoms with E-state index in [2.05, 4.69) is 0 Å². The summed E-state index contributed by atoms with van der Waals surface area (Å²) in [6, 6.07) is 9.14. The number of carbonyl (C=O) groups excluding carboxylic acids is 1. The van der Waals surface area contributed by atoms with Crippen LogP contribution in [0.4, 0.5) is 5.69 Å². The Morgan fingerprint density at radius 2 is 2.00 bits per heavy atom. The fraction of sp³-hybridized carbons (Fsp3) is 0.273.